The number of carbonyl (C=O) groups excluding carboxylic acids is 1. The fourth-order valence-corrected chi connectivity index (χ4v) is 1.90. The van der Waals surface area contributed by atoms with E-state index in [1.165, 1.54) is 0 Å². The first-order valence-electron chi connectivity index (χ1n) is 7.14. The van der Waals surface area contributed by atoms with Gasteiger partial charge in [-0.1, -0.05) is 31.2 Å². The van der Waals surface area contributed by atoms with Gasteiger partial charge in [-0.2, -0.15) is 0 Å². The van der Waals surface area contributed by atoms with E-state index in [4.69, 9.17) is 5.11 Å². The second kappa shape index (κ2) is 9.77. The fraction of sp³-hybridized carbons (Fsp3) is 0.467. The number of hydrogen-bond acceptors (Lipinski definition) is 3. The molecular formula is C15H23N3O3. The van der Waals surface area contributed by atoms with Crippen LogP contribution in [0.15, 0.2) is 24.3 Å². The van der Waals surface area contributed by atoms with Crippen molar-refractivity contribution in [1.82, 2.24) is 16.0 Å². The number of carboxylic acids is 1. The summed E-state index contributed by atoms with van der Waals surface area (Å²) in [5.41, 5.74) is 1.54. The summed E-state index contributed by atoms with van der Waals surface area (Å²) in [6.45, 7) is 4.76. The fourth-order valence-electron chi connectivity index (χ4n) is 1.90. The molecule has 0 saturated heterocycles. The molecule has 0 bridgehead atoms. The Labute approximate surface area is 124 Å². The van der Waals surface area contributed by atoms with Crippen LogP contribution in [0.5, 0.6) is 0 Å². The number of urea groups is 1. The summed E-state index contributed by atoms with van der Waals surface area (Å²) < 4.78 is 0. The van der Waals surface area contributed by atoms with E-state index < -0.39 is 5.97 Å². The van der Waals surface area contributed by atoms with E-state index in [0.717, 1.165) is 30.6 Å². The van der Waals surface area contributed by atoms with Crippen molar-refractivity contribution in [3.8, 4) is 0 Å². The molecule has 0 heterocycles. The molecule has 0 aliphatic heterocycles. The molecule has 0 atom stereocenters. The Morgan fingerprint density at radius 2 is 1.81 bits per heavy atom. The van der Waals surface area contributed by atoms with Crippen LogP contribution in [0.3, 0.4) is 0 Å². The van der Waals surface area contributed by atoms with E-state index in [2.05, 4.69) is 16.0 Å². The normalized spacial score (nSPS) is 10.1. The molecule has 0 aliphatic rings. The number of rotatable bonds is 9. The zero-order valence-corrected chi connectivity index (χ0v) is 12.3. The Morgan fingerprint density at radius 3 is 2.48 bits per heavy atom. The average Bonchev–Trinajstić information content (AvgIpc) is 2.45. The van der Waals surface area contributed by atoms with Crippen LogP contribution in [-0.4, -0.2) is 36.7 Å². The standard InChI is InChI=1S/C15H23N3O3/c1-2-16-8-5-9-17-15(21)18-11-13-7-4-3-6-12(13)10-14(19)20/h3-4,6-7,16H,2,5,8-11H2,1H3,(H,19,20)(H2,17,18,21). The van der Waals surface area contributed by atoms with Gasteiger partial charge in [0, 0.05) is 13.1 Å². The van der Waals surface area contributed by atoms with Gasteiger partial charge in [-0.25, -0.2) is 4.79 Å². The smallest absolute Gasteiger partial charge is 0.315 e. The maximum Gasteiger partial charge on any atom is 0.315 e. The highest BCUT2D eigenvalue weighted by Crippen LogP contribution is 2.09. The first kappa shape index (κ1) is 17.0. The van der Waals surface area contributed by atoms with Gasteiger partial charge >= 0.3 is 12.0 Å². The van der Waals surface area contributed by atoms with Crippen LogP contribution in [-0.2, 0) is 17.8 Å². The summed E-state index contributed by atoms with van der Waals surface area (Å²) in [6.07, 6.45) is 0.832. The topological polar surface area (TPSA) is 90.5 Å². The second-order valence-electron chi connectivity index (χ2n) is 4.66. The second-order valence-corrected chi connectivity index (χ2v) is 4.66. The quantitative estimate of drug-likeness (QED) is 0.513. The number of benzene rings is 1. The largest absolute Gasteiger partial charge is 0.481 e. The molecule has 0 aromatic heterocycles. The minimum atomic E-state index is -0.879. The minimum Gasteiger partial charge on any atom is -0.481 e. The highest BCUT2D eigenvalue weighted by molar-refractivity contribution is 5.74. The van der Waals surface area contributed by atoms with Crippen LogP contribution in [0.25, 0.3) is 0 Å². The van der Waals surface area contributed by atoms with Gasteiger partial charge in [-0.15, -0.1) is 0 Å². The molecule has 0 spiro atoms. The number of carboxylic acid groups (broad SMARTS) is 1. The monoisotopic (exact) mass is 293 g/mol. The maximum atomic E-state index is 11.6. The van der Waals surface area contributed by atoms with Crippen LogP contribution in [0, 0.1) is 0 Å². The van der Waals surface area contributed by atoms with Gasteiger partial charge in [0.15, 0.2) is 0 Å². The van der Waals surface area contributed by atoms with Crippen molar-refractivity contribution >= 4 is 12.0 Å². The first-order valence-corrected chi connectivity index (χ1v) is 7.14. The molecule has 1 aromatic rings. The summed E-state index contributed by atoms with van der Waals surface area (Å²) in [5.74, 6) is -0.879. The van der Waals surface area contributed by atoms with Gasteiger partial charge in [0.25, 0.3) is 0 Å². The SMILES string of the molecule is CCNCCCNC(=O)NCc1ccccc1CC(=O)O. The van der Waals surface area contributed by atoms with Gasteiger partial charge in [-0.3, -0.25) is 4.79 Å². The molecule has 0 fully saturated rings. The lowest BCUT2D eigenvalue weighted by atomic mass is 10.0. The summed E-state index contributed by atoms with van der Waals surface area (Å²) in [6, 6.07) is 6.97. The van der Waals surface area contributed by atoms with Crippen LogP contribution >= 0.6 is 0 Å². The molecule has 116 valence electrons. The molecule has 0 saturated carbocycles. The Hall–Kier alpha value is -2.08. The third-order valence-electron chi connectivity index (χ3n) is 2.97. The van der Waals surface area contributed by atoms with Crippen molar-refractivity contribution in [2.75, 3.05) is 19.6 Å². The molecule has 0 aliphatic carbocycles. The number of hydrogen-bond donors (Lipinski definition) is 4. The summed E-state index contributed by atoms with van der Waals surface area (Å²) in [7, 11) is 0. The molecule has 0 radical (unpaired) electrons. The Morgan fingerprint density at radius 1 is 1.10 bits per heavy atom. The van der Waals surface area contributed by atoms with Crippen molar-refractivity contribution < 1.29 is 14.7 Å². The third-order valence-corrected chi connectivity index (χ3v) is 2.97. The lowest BCUT2D eigenvalue weighted by Gasteiger charge is -2.10. The summed E-state index contributed by atoms with van der Waals surface area (Å²) in [5, 5.41) is 17.5. The van der Waals surface area contributed by atoms with E-state index in [9.17, 15) is 9.59 Å². The first-order chi connectivity index (χ1) is 10.1. The number of aliphatic carboxylic acids is 1. The Balaban J connectivity index is 2.34. The highest BCUT2D eigenvalue weighted by Gasteiger charge is 2.07. The van der Waals surface area contributed by atoms with E-state index >= 15 is 0 Å². The predicted molar refractivity (Wildman–Crippen MR) is 81.2 cm³/mol. The molecule has 1 rings (SSSR count). The van der Waals surface area contributed by atoms with Crippen molar-refractivity contribution in [3.05, 3.63) is 35.4 Å². The summed E-state index contributed by atoms with van der Waals surface area (Å²) >= 11 is 0. The number of nitrogens with one attached hydrogen (secondary N) is 3. The summed E-state index contributed by atoms with van der Waals surface area (Å²) in [4.78, 5) is 22.4. The predicted octanol–water partition coefficient (Wildman–Crippen LogP) is 1.11. The zero-order chi connectivity index (χ0) is 15.5. The maximum absolute atomic E-state index is 11.6. The van der Waals surface area contributed by atoms with Gasteiger partial charge in [-0.05, 0) is 30.6 Å². The zero-order valence-electron chi connectivity index (χ0n) is 12.3. The molecule has 2 amide bonds. The molecule has 6 nitrogen and oxygen atoms in total. The minimum absolute atomic E-state index is 0.0395. The molecule has 1 aromatic carbocycles. The highest BCUT2D eigenvalue weighted by atomic mass is 16.4. The van der Waals surface area contributed by atoms with Crippen molar-refractivity contribution in [2.45, 2.75) is 26.3 Å². The van der Waals surface area contributed by atoms with Crippen LogP contribution in [0.2, 0.25) is 0 Å². The van der Waals surface area contributed by atoms with Crippen LogP contribution in [0.1, 0.15) is 24.5 Å². The molecule has 21 heavy (non-hydrogen) atoms. The van der Waals surface area contributed by atoms with Gasteiger partial charge in [0.1, 0.15) is 0 Å². The molecule has 4 N–H and O–H groups in total. The van der Waals surface area contributed by atoms with Gasteiger partial charge < -0.3 is 21.1 Å². The van der Waals surface area contributed by atoms with Crippen molar-refractivity contribution in [3.63, 3.8) is 0 Å². The molecule has 0 unspecified atom stereocenters. The molecule has 6 heteroatoms. The van der Waals surface area contributed by atoms with Gasteiger partial charge in [0.05, 0.1) is 6.42 Å². The van der Waals surface area contributed by atoms with E-state index in [1.807, 2.05) is 19.1 Å². The van der Waals surface area contributed by atoms with Crippen molar-refractivity contribution in [2.24, 2.45) is 0 Å². The molecular weight excluding hydrogens is 270 g/mol. The van der Waals surface area contributed by atoms with E-state index in [-0.39, 0.29) is 12.5 Å². The van der Waals surface area contributed by atoms with Crippen molar-refractivity contribution in [1.29, 1.82) is 0 Å². The Kier molecular flexibility index (Phi) is 7.89. The van der Waals surface area contributed by atoms with Gasteiger partial charge in [0.2, 0.25) is 0 Å². The number of amides is 2. The third kappa shape index (κ3) is 7.31. The van der Waals surface area contributed by atoms with E-state index in [0.29, 0.717) is 13.1 Å². The lowest BCUT2D eigenvalue weighted by Crippen LogP contribution is -2.36. The van der Waals surface area contributed by atoms with E-state index in [1.54, 1.807) is 12.1 Å². The average molecular weight is 293 g/mol. The lowest BCUT2D eigenvalue weighted by molar-refractivity contribution is -0.136. The number of carbonyl (C=O) groups is 2. The Bertz CT molecular complexity index is 463. The van der Waals surface area contributed by atoms with Crippen LogP contribution in [0.4, 0.5) is 4.79 Å². The van der Waals surface area contributed by atoms with Crippen LogP contribution < -0.4 is 16.0 Å².